The molecule has 4 rings (SSSR count). The second-order valence-electron chi connectivity index (χ2n) is 12.7. The van der Waals surface area contributed by atoms with E-state index in [0.29, 0.717) is 41.9 Å². The molecule has 0 aromatic heterocycles. The van der Waals surface area contributed by atoms with Crippen molar-refractivity contribution in [2.45, 2.75) is 111 Å². The molecule has 0 saturated heterocycles. The Balaban J connectivity index is 1.58. The van der Waals surface area contributed by atoms with Gasteiger partial charge in [-0.15, -0.1) is 0 Å². The highest BCUT2D eigenvalue weighted by Gasteiger charge is 2.64. The highest BCUT2D eigenvalue weighted by molar-refractivity contribution is 5.69. The second kappa shape index (κ2) is 10.0. The van der Waals surface area contributed by atoms with Gasteiger partial charge >= 0.3 is 17.9 Å². The van der Waals surface area contributed by atoms with Crippen molar-refractivity contribution in [1.29, 1.82) is 0 Å². The minimum Gasteiger partial charge on any atom is -0.469 e. The van der Waals surface area contributed by atoms with Gasteiger partial charge in [-0.25, -0.2) is 0 Å². The van der Waals surface area contributed by atoms with Gasteiger partial charge in [-0.2, -0.15) is 0 Å². The molecule has 0 bridgehead atoms. The first-order chi connectivity index (χ1) is 16.5. The number of hydrogen-bond acceptors (Lipinski definition) is 6. The molecule has 35 heavy (non-hydrogen) atoms. The highest BCUT2D eigenvalue weighted by atomic mass is 16.5. The van der Waals surface area contributed by atoms with Gasteiger partial charge in [-0.1, -0.05) is 20.8 Å². The van der Waals surface area contributed by atoms with Crippen LogP contribution >= 0.6 is 0 Å². The predicted molar refractivity (Wildman–Crippen MR) is 132 cm³/mol. The fraction of sp³-hybridized carbons (Fsp3) is 0.897. The third-order valence-electron chi connectivity index (χ3n) is 11.0. The van der Waals surface area contributed by atoms with Crippen LogP contribution in [-0.4, -0.2) is 37.2 Å². The molecule has 0 spiro atoms. The minimum atomic E-state index is -0.183. The summed E-state index contributed by atoms with van der Waals surface area (Å²) in [7, 11) is 1.46. The summed E-state index contributed by atoms with van der Waals surface area (Å²) in [6, 6.07) is 0. The van der Waals surface area contributed by atoms with E-state index in [0.717, 1.165) is 38.5 Å². The van der Waals surface area contributed by atoms with Crippen molar-refractivity contribution >= 4 is 17.9 Å². The minimum absolute atomic E-state index is 0.0229. The number of fused-ring (bicyclic) bond motifs is 5. The van der Waals surface area contributed by atoms with Crippen LogP contribution in [0.2, 0.25) is 0 Å². The summed E-state index contributed by atoms with van der Waals surface area (Å²) in [6.45, 7) is 10.2. The molecule has 6 heteroatoms. The van der Waals surface area contributed by atoms with E-state index in [1.807, 2.05) is 0 Å². The van der Waals surface area contributed by atoms with Gasteiger partial charge in [0.25, 0.3) is 0 Å². The summed E-state index contributed by atoms with van der Waals surface area (Å²) < 4.78 is 16.7. The molecule has 198 valence electrons. The Bertz CT molecular complexity index is 824. The zero-order chi connectivity index (χ0) is 25.5. The van der Waals surface area contributed by atoms with E-state index in [2.05, 4.69) is 20.8 Å². The molecule has 4 fully saturated rings. The van der Waals surface area contributed by atoms with Crippen molar-refractivity contribution in [2.24, 2.45) is 46.3 Å². The summed E-state index contributed by atoms with van der Waals surface area (Å²) in [5, 5.41) is 0. The number of carbonyl (C=O) groups is 3. The zero-order valence-corrected chi connectivity index (χ0v) is 22.6. The molecule has 6 nitrogen and oxygen atoms in total. The first kappa shape index (κ1) is 26.5. The first-order valence-electron chi connectivity index (χ1n) is 13.9. The summed E-state index contributed by atoms with van der Waals surface area (Å²) >= 11 is 0. The van der Waals surface area contributed by atoms with Crippen molar-refractivity contribution in [2.75, 3.05) is 7.11 Å². The van der Waals surface area contributed by atoms with Crippen molar-refractivity contribution < 1.29 is 28.6 Å². The molecule has 0 amide bonds. The number of ether oxygens (including phenoxy) is 3. The fourth-order valence-electron chi connectivity index (χ4n) is 9.59. The van der Waals surface area contributed by atoms with Crippen LogP contribution in [0.3, 0.4) is 0 Å². The van der Waals surface area contributed by atoms with E-state index in [-0.39, 0.29) is 40.9 Å². The molecule has 4 saturated carbocycles. The summed E-state index contributed by atoms with van der Waals surface area (Å²) in [6.07, 6.45) is 9.80. The molecule has 0 radical (unpaired) electrons. The lowest BCUT2D eigenvalue weighted by Crippen LogP contribution is -2.60. The zero-order valence-electron chi connectivity index (χ0n) is 22.6. The van der Waals surface area contributed by atoms with Crippen LogP contribution in [0, 0.1) is 46.3 Å². The number of rotatable bonds is 6. The maximum atomic E-state index is 12.3. The van der Waals surface area contributed by atoms with E-state index in [9.17, 15) is 14.4 Å². The SMILES string of the molecule is COC(=O)CC[C@H](C)[C@H]1CC[C@H]2[C@@H]3CC[C@H]4C[C@H](OC(C)=O)CC[C@]4(C)[C@H]3[C@H](OC(C)=O)C[C@]12C. The number of hydrogen-bond donors (Lipinski definition) is 0. The van der Waals surface area contributed by atoms with Crippen LogP contribution < -0.4 is 0 Å². The van der Waals surface area contributed by atoms with Gasteiger partial charge in [0.1, 0.15) is 12.2 Å². The quantitative estimate of drug-likeness (QED) is 0.351. The molecule has 0 heterocycles. The maximum absolute atomic E-state index is 12.3. The van der Waals surface area contributed by atoms with Crippen LogP contribution in [-0.2, 0) is 28.6 Å². The maximum Gasteiger partial charge on any atom is 0.305 e. The molecule has 0 unspecified atom stereocenters. The van der Waals surface area contributed by atoms with Gasteiger partial charge in [-0.3, -0.25) is 14.4 Å². The van der Waals surface area contributed by atoms with E-state index in [1.54, 1.807) is 6.92 Å². The van der Waals surface area contributed by atoms with Gasteiger partial charge in [0.15, 0.2) is 0 Å². The van der Waals surface area contributed by atoms with Crippen molar-refractivity contribution in [3.63, 3.8) is 0 Å². The van der Waals surface area contributed by atoms with Gasteiger partial charge in [0.2, 0.25) is 0 Å². The van der Waals surface area contributed by atoms with Crippen LogP contribution in [0.15, 0.2) is 0 Å². The Morgan fingerprint density at radius 1 is 0.943 bits per heavy atom. The van der Waals surface area contributed by atoms with Gasteiger partial charge in [-0.05, 0) is 98.2 Å². The number of carbonyl (C=O) groups excluding carboxylic acids is 3. The van der Waals surface area contributed by atoms with Crippen LogP contribution in [0.5, 0.6) is 0 Å². The van der Waals surface area contributed by atoms with E-state index in [4.69, 9.17) is 14.2 Å². The van der Waals surface area contributed by atoms with Crippen molar-refractivity contribution in [3.05, 3.63) is 0 Å². The van der Waals surface area contributed by atoms with Crippen molar-refractivity contribution in [1.82, 2.24) is 0 Å². The third kappa shape index (κ3) is 4.87. The number of esters is 3. The first-order valence-corrected chi connectivity index (χ1v) is 13.9. The highest BCUT2D eigenvalue weighted by Crippen LogP contribution is 2.69. The largest absolute Gasteiger partial charge is 0.469 e. The molecule has 0 aromatic rings. The molecular formula is C29H46O6. The Labute approximate surface area is 211 Å². The van der Waals surface area contributed by atoms with E-state index < -0.39 is 0 Å². The van der Waals surface area contributed by atoms with Crippen LogP contribution in [0.25, 0.3) is 0 Å². The summed E-state index contributed by atoms with van der Waals surface area (Å²) in [5.74, 6) is 2.53. The summed E-state index contributed by atoms with van der Waals surface area (Å²) in [5.41, 5.74) is 0.227. The lowest BCUT2D eigenvalue weighted by atomic mass is 9.43. The van der Waals surface area contributed by atoms with Gasteiger partial charge in [0, 0.05) is 26.2 Å². The molecule has 4 aliphatic rings. The Morgan fingerprint density at radius 3 is 2.31 bits per heavy atom. The lowest BCUT2D eigenvalue weighted by molar-refractivity contribution is -0.201. The topological polar surface area (TPSA) is 78.9 Å². The van der Waals surface area contributed by atoms with Crippen LogP contribution in [0.4, 0.5) is 0 Å². The molecule has 0 aromatic carbocycles. The summed E-state index contributed by atoms with van der Waals surface area (Å²) in [4.78, 5) is 35.7. The molecule has 0 aliphatic heterocycles. The van der Waals surface area contributed by atoms with Crippen molar-refractivity contribution in [3.8, 4) is 0 Å². The fourth-order valence-corrected chi connectivity index (χ4v) is 9.59. The predicted octanol–water partition coefficient (Wildman–Crippen LogP) is 5.71. The molecule has 10 atom stereocenters. The smallest absolute Gasteiger partial charge is 0.305 e. The van der Waals surface area contributed by atoms with E-state index in [1.165, 1.54) is 33.3 Å². The average molecular weight is 491 g/mol. The van der Waals surface area contributed by atoms with Gasteiger partial charge < -0.3 is 14.2 Å². The lowest BCUT2D eigenvalue weighted by Gasteiger charge is -2.63. The van der Waals surface area contributed by atoms with E-state index >= 15 is 0 Å². The average Bonchev–Trinajstić information content (AvgIpc) is 3.13. The standard InChI is InChI=1S/C29H46O6/c1-17(7-12-26(32)33-6)23-10-11-24-22-9-8-20-15-21(34-18(2)30)13-14-28(20,4)27(22)25(35-19(3)31)16-29(23,24)5/h17,20-25,27H,7-16H2,1-6H3/t17-,20-,21+,22-,23+,24-,25+,27+,28-,29+/m0/s1. The normalized spacial score (nSPS) is 43.2. The molecule has 0 N–H and O–H groups in total. The Morgan fingerprint density at radius 2 is 1.66 bits per heavy atom. The Kier molecular flexibility index (Phi) is 7.60. The molecule has 4 aliphatic carbocycles. The molecular weight excluding hydrogens is 444 g/mol. The van der Waals surface area contributed by atoms with Gasteiger partial charge in [0.05, 0.1) is 7.11 Å². The number of methoxy groups -OCH3 is 1. The Hall–Kier alpha value is -1.59. The van der Waals surface area contributed by atoms with Crippen LogP contribution in [0.1, 0.15) is 98.8 Å². The monoisotopic (exact) mass is 490 g/mol. The third-order valence-corrected chi connectivity index (χ3v) is 11.0. The second-order valence-corrected chi connectivity index (χ2v) is 12.7.